The van der Waals surface area contributed by atoms with Crippen molar-refractivity contribution in [2.45, 2.75) is 58.5 Å². The van der Waals surface area contributed by atoms with Crippen molar-refractivity contribution >= 4 is 50.7 Å². The number of rotatable bonds is 14. The molecule has 3 rings (SSSR count). The van der Waals surface area contributed by atoms with E-state index in [2.05, 4.69) is 5.32 Å². The molecule has 10 heteroatoms. The fraction of sp³-hybridized carbons (Fsp3) is 0.375. The van der Waals surface area contributed by atoms with Crippen molar-refractivity contribution in [3.05, 3.63) is 99.5 Å². The molecule has 1 N–H and O–H groups in total. The number of benzene rings is 3. The molecular formula is C32H39Cl2N3O4S. The second-order valence-corrected chi connectivity index (χ2v) is 13.3. The summed E-state index contributed by atoms with van der Waals surface area (Å²) in [7, 11) is -3.86. The van der Waals surface area contributed by atoms with E-state index in [1.54, 1.807) is 30.3 Å². The molecule has 0 aliphatic rings. The molecule has 1 unspecified atom stereocenters. The molecule has 2 amide bonds. The van der Waals surface area contributed by atoms with Gasteiger partial charge in [-0.15, -0.1) is 0 Å². The molecular weight excluding hydrogens is 593 g/mol. The van der Waals surface area contributed by atoms with Gasteiger partial charge in [-0.25, -0.2) is 8.42 Å². The van der Waals surface area contributed by atoms with Crippen LogP contribution in [0.3, 0.4) is 0 Å². The van der Waals surface area contributed by atoms with Crippen molar-refractivity contribution in [2.75, 3.05) is 23.7 Å². The molecule has 0 heterocycles. The Kier molecular flexibility index (Phi) is 12.3. The van der Waals surface area contributed by atoms with Gasteiger partial charge < -0.3 is 10.2 Å². The molecule has 226 valence electrons. The van der Waals surface area contributed by atoms with E-state index < -0.39 is 28.5 Å². The lowest BCUT2D eigenvalue weighted by molar-refractivity contribution is -0.140. The van der Waals surface area contributed by atoms with Crippen LogP contribution in [0.5, 0.6) is 0 Å². The number of sulfonamides is 1. The van der Waals surface area contributed by atoms with Crippen molar-refractivity contribution in [3.63, 3.8) is 0 Å². The van der Waals surface area contributed by atoms with Gasteiger partial charge in [0, 0.05) is 35.1 Å². The molecule has 3 aromatic rings. The Morgan fingerprint density at radius 2 is 1.52 bits per heavy atom. The van der Waals surface area contributed by atoms with Crippen LogP contribution in [-0.4, -0.2) is 50.5 Å². The van der Waals surface area contributed by atoms with Gasteiger partial charge >= 0.3 is 0 Å². The molecule has 3 aromatic carbocycles. The van der Waals surface area contributed by atoms with Crippen LogP contribution in [0, 0.1) is 0 Å². The first-order valence-corrected chi connectivity index (χ1v) is 16.6. The summed E-state index contributed by atoms with van der Waals surface area (Å²) in [6.07, 6.45) is 2.95. The SMILES string of the molecule is CCCCNC(=O)C(Cc1ccccc1)N(Cc1c(Cl)cccc1Cl)C(=O)CN(c1ccc(C(C)C)cc1)S(C)(=O)=O. The fourth-order valence-electron chi connectivity index (χ4n) is 4.55. The maximum atomic E-state index is 14.2. The second-order valence-electron chi connectivity index (χ2n) is 10.6. The average molecular weight is 633 g/mol. The van der Waals surface area contributed by atoms with E-state index in [0.717, 1.165) is 34.5 Å². The van der Waals surface area contributed by atoms with E-state index in [9.17, 15) is 18.0 Å². The zero-order chi connectivity index (χ0) is 30.9. The predicted molar refractivity (Wildman–Crippen MR) is 172 cm³/mol. The molecule has 0 aliphatic carbocycles. The maximum absolute atomic E-state index is 14.2. The first-order valence-electron chi connectivity index (χ1n) is 14.0. The molecule has 0 aromatic heterocycles. The van der Waals surface area contributed by atoms with E-state index in [0.29, 0.717) is 27.8 Å². The Labute approximate surface area is 259 Å². The second kappa shape index (κ2) is 15.4. The van der Waals surface area contributed by atoms with Gasteiger partial charge in [-0.3, -0.25) is 13.9 Å². The van der Waals surface area contributed by atoms with Gasteiger partial charge in [0.2, 0.25) is 21.8 Å². The Hall–Kier alpha value is -3.07. The smallest absolute Gasteiger partial charge is 0.244 e. The van der Waals surface area contributed by atoms with Crippen LogP contribution >= 0.6 is 23.2 Å². The summed E-state index contributed by atoms with van der Waals surface area (Å²) in [6, 6.07) is 20.5. The van der Waals surface area contributed by atoms with E-state index >= 15 is 0 Å². The first-order chi connectivity index (χ1) is 19.9. The molecule has 0 aliphatic heterocycles. The number of unbranched alkanes of at least 4 members (excludes halogenated alkanes) is 1. The van der Waals surface area contributed by atoms with Crippen LogP contribution in [0.1, 0.15) is 56.2 Å². The summed E-state index contributed by atoms with van der Waals surface area (Å²) in [5, 5.41) is 3.64. The van der Waals surface area contributed by atoms with Gasteiger partial charge in [0.25, 0.3) is 0 Å². The average Bonchev–Trinajstić information content (AvgIpc) is 2.95. The maximum Gasteiger partial charge on any atom is 0.244 e. The Morgan fingerprint density at radius 1 is 0.905 bits per heavy atom. The monoisotopic (exact) mass is 631 g/mol. The van der Waals surface area contributed by atoms with Gasteiger partial charge in [-0.05, 0) is 47.7 Å². The highest BCUT2D eigenvalue weighted by molar-refractivity contribution is 7.92. The zero-order valence-corrected chi connectivity index (χ0v) is 26.8. The number of hydrogen-bond donors (Lipinski definition) is 1. The highest BCUT2D eigenvalue weighted by Crippen LogP contribution is 2.28. The van der Waals surface area contributed by atoms with E-state index in [1.165, 1.54) is 4.90 Å². The normalized spacial score (nSPS) is 12.2. The van der Waals surface area contributed by atoms with Gasteiger partial charge in [0.1, 0.15) is 12.6 Å². The van der Waals surface area contributed by atoms with Gasteiger partial charge in [-0.1, -0.05) is 98.9 Å². The zero-order valence-electron chi connectivity index (χ0n) is 24.5. The third kappa shape index (κ3) is 9.21. The van der Waals surface area contributed by atoms with Crippen molar-refractivity contribution in [1.82, 2.24) is 10.2 Å². The van der Waals surface area contributed by atoms with Crippen molar-refractivity contribution in [3.8, 4) is 0 Å². The van der Waals surface area contributed by atoms with Crippen LogP contribution in [0.2, 0.25) is 10.0 Å². The van der Waals surface area contributed by atoms with Gasteiger partial charge in [0.15, 0.2) is 0 Å². The molecule has 0 fully saturated rings. The number of anilines is 1. The Balaban J connectivity index is 2.07. The van der Waals surface area contributed by atoms with Crippen molar-refractivity contribution in [1.29, 1.82) is 0 Å². The lowest BCUT2D eigenvalue weighted by Gasteiger charge is -2.34. The van der Waals surface area contributed by atoms with Crippen LogP contribution in [-0.2, 0) is 32.6 Å². The van der Waals surface area contributed by atoms with Crippen LogP contribution in [0.15, 0.2) is 72.8 Å². The van der Waals surface area contributed by atoms with Crippen molar-refractivity contribution < 1.29 is 18.0 Å². The lowest BCUT2D eigenvalue weighted by atomic mass is 10.0. The quantitative estimate of drug-likeness (QED) is 0.207. The minimum absolute atomic E-state index is 0.0834. The molecule has 0 saturated heterocycles. The largest absolute Gasteiger partial charge is 0.354 e. The molecule has 1 atom stereocenters. The number of nitrogens with one attached hydrogen (secondary N) is 1. The highest BCUT2D eigenvalue weighted by atomic mass is 35.5. The molecule has 0 saturated carbocycles. The van der Waals surface area contributed by atoms with Gasteiger partial charge in [-0.2, -0.15) is 0 Å². The topological polar surface area (TPSA) is 86.8 Å². The molecule has 0 spiro atoms. The van der Waals surface area contributed by atoms with Gasteiger partial charge in [0.05, 0.1) is 11.9 Å². The third-order valence-corrected chi connectivity index (χ3v) is 8.87. The minimum atomic E-state index is -3.86. The van der Waals surface area contributed by atoms with Crippen LogP contribution < -0.4 is 9.62 Å². The van der Waals surface area contributed by atoms with Crippen molar-refractivity contribution in [2.24, 2.45) is 0 Å². The van der Waals surface area contributed by atoms with Crippen LogP contribution in [0.25, 0.3) is 0 Å². The highest BCUT2D eigenvalue weighted by Gasteiger charge is 2.33. The lowest BCUT2D eigenvalue weighted by Crippen LogP contribution is -2.53. The summed E-state index contributed by atoms with van der Waals surface area (Å²) in [6.45, 7) is 5.98. The third-order valence-electron chi connectivity index (χ3n) is 7.02. The first kappa shape index (κ1) is 33.4. The number of amides is 2. The van der Waals surface area contributed by atoms with E-state index in [4.69, 9.17) is 23.2 Å². The summed E-state index contributed by atoms with van der Waals surface area (Å²) in [4.78, 5) is 29.3. The summed E-state index contributed by atoms with van der Waals surface area (Å²) < 4.78 is 27.0. The molecule has 7 nitrogen and oxygen atoms in total. The summed E-state index contributed by atoms with van der Waals surface area (Å²) >= 11 is 13.0. The van der Waals surface area contributed by atoms with Crippen LogP contribution in [0.4, 0.5) is 5.69 Å². The standard InChI is InChI=1S/C32H39Cl2N3O4S/c1-5-6-19-35-32(39)30(20-24-11-8-7-9-12-24)36(21-27-28(33)13-10-14-29(27)34)31(38)22-37(42(4,40)41)26-17-15-25(16-18-26)23(2)3/h7-18,23,30H,5-6,19-22H2,1-4H3,(H,35,39). The number of carbonyl (C=O) groups is 2. The Morgan fingerprint density at radius 3 is 2.07 bits per heavy atom. The number of hydrogen-bond acceptors (Lipinski definition) is 4. The molecule has 0 radical (unpaired) electrons. The molecule has 0 bridgehead atoms. The number of halogens is 2. The molecule has 42 heavy (non-hydrogen) atoms. The number of nitrogens with zero attached hydrogens (tertiary/aromatic N) is 2. The number of carbonyl (C=O) groups excluding carboxylic acids is 2. The van der Waals surface area contributed by atoms with E-state index in [-0.39, 0.29) is 24.8 Å². The Bertz CT molecular complexity index is 1430. The summed E-state index contributed by atoms with van der Waals surface area (Å²) in [5.74, 6) is -0.639. The summed E-state index contributed by atoms with van der Waals surface area (Å²) in [5.41, 5.74) is 2.72. The predicted octanol–water partition coefficient (Wildman–Crippen LogP) is 6.44. The fourth-order valence-corrected chi connectivity index (χ4v) is 5.92. The minimum Gasteiger partial charge on any atom is -0.354 e. The van der Waals surface area contributed by atoms with E-state index in [1.807, 2.05) is 63.2 Å².